The summed E-state index contributed by atoms with van der Waals surface area (Å²) >= 11 is 9.27. The van der Waals surface area contributed by atoms with Crippen LogP contribution in [0.5, 0.6) is 0 Å². The van der Waals surface area contributed by atoms with E-state index in [1.807, 2.05) is 49.7 Å². The lowest BCUT2D eigenvalue weighted by molar-refractivity contribution is 1.00. The minimum atomic E-state index is 0.720. The molecule has 0 aromatic heterocycles. The van der Waals surface area contributed by atoms with Crippen LogP contribution in [-0.4, -0.2) is 17.7 Å². The van der Waals surface area contributed by atoms with Gasteiger partial charge in [-0.1, -0.05) is 35.5 Å². The summed E-state index contributed by atoms with van der Waals surface area (Å²) in [7, 11) is 1.86. The molecule has 0 atom stereocenters. The predicted molar refractivity (Wildman–Crippen MR) is 107 cm³/mol. The average molecular weight is 366 g/mol. The van der Waals surface area contributed by atoms with Gasteiger partial charge < -0.3 is 5.01 Å². The van der Waals surface area contributed by atoms with Crippen LogP contribution in [0, 0.1) is 6.92 Å². The van der Waals surface area contributed by atoms with Crippen LogP contribution < -0.4 is 10.9 Å². The van der Waals surface area contributed by atoms with Crippen LogP contribution in [0.4, 0.5) is 11.4 Å². The number of thioether (sulfide) groups is 2. The first-order valence-electron chi connectivity index (χ1n) is 7.09. The van der Waals surface area contributed by atoms with Gasteiger partial charge in [0.1, 0.15) is 4.38 Å². The van der Waals surface area contributed by atoms with E-state index in [0.29, 0.717) is 0 Å². The SMILES string of the molecule is CSC(=Nc1ccc(Cl)cc1)SCc1c(C)cccc1N(C)N. The number of aryl methyl sites for hydroxylation is 1. The zero-order chi connectivity index (χ0) is 16.8. The van der Waals surface area contributed by atoms with Gasteiger partial charge in [-0.05, 0) is 54.6 Å². The van der Waals surface area contributed by atoms with E-state index >= 15 is 0 Å². The fraction of sp³-hybridized carbons (Fsp3) is 0.235. The number of hydrogen-bond acceptors (Lipinski definition) is 5. The second-order valence-corrected chi connectivity index (χ2v) is 7.48. The Morgan fingerprint density at radius 1 is 1.22 bits per heavy atom. The highest BCUT2D eigenvalue weighted by Crippen LogP contribution is 2.30. The van der Waals surface area contributed by atoms with Gasteiger partial charge in [0.25, 0.3) is 0 Å². The van der Waals surface area contributed by atoms with Gasteiger partial charge in [0.15, 0.2) is 0 Å². The lowest BCUT2D eigenvalue weighted by Crippen LogP contribution is -2.26. The number of aliphatic imine (C=N–C) groups is 1. The zero-order valence-electron chi connectivity index (χ0n) is 13.4. The molecule has 0 heterocycles. The van der Waals surface area contributed by atoms with Crippen molar-refractivity contribution in [1.82, 2.24) is 0 Å². The van der Waals surface area contributed by atoms with Crippen molar-refractivity contribution in [3.05, 3.63) is 58.6 Å². The van der Waals surface area contributed by atoms with Crippen molar-refractivity contribution in [2.75, 3.05) is 18.3 Å². The third kappa shape index (κ3) is 5.18. The average Bonchev–Trinajstić information content (AvgIpc) is 2.53. The molecular formula is C17H20ClN3S2. The van der Waals surface area contributed by atoms with Gasteiger partial charge in [0.2, 0.25) is 0 Å². The van der Waals surface area contributed by atoms with Crippen molar-refractivity contribution >= 4 is 50.9 Å². The van der Waals surface area contributed by atoms with E-state index in [2.05, 4.69) is 18.0 Å². The molecule has 0 aliphatic carbocycles. The molecular weight excluding hydrogens is 346 g/mol. The van der Waals surface area contributed by atoms with Gasteiger partial charge in [0, 0.05) is 17.8 Å². The molecule has 0 radical (unpaired) electrons. The molecule has 0 aliphatic rings. The van der Waals surface area contributed by atoms with Crippen molar-refractivity contribution < 1.29 is 0 Å². The lowest BCUT2D eigenvalue weighted by Gasteiger charge is -2.18. The van der Waals surface area contributed by atoms with Gasteiger partial charge in [-0.2, -0.15) is 0 Å². The number of anilines is 1. The van der Waals surface area contributed by atoms with Crippen molar-refractivity contribution in [2.24, 2.45) is 10.8 Å². The normalized spacial score (nSPS) is 11.6. The standard InChI is InChI=1S/C17H20ClN3S2/c1-12-5-4-6-16(21(2)19)15(12)11-23-17(22-3)20-14-9-7-13(18)8-10-14/h4-10H,11,19H2,1-3H3. The molecule has 0 spiro atoms. The highest BCUT2D eigenvalue weighted by Gasteiger charge is 2.10. The number of nitrogens with zero attached hydrogens (tertiary/aromatic N) is 2. The number of halogens is 1. The van der Waals surface area contributed by atoms with Gasteiger partial charge in [-0.15, -0.1) is 11.8 Å². The van der Waals surface area contributed by atoms with E-state index in [1.165, 1.54) is 11.1 Å². The molecule has 122 valence electrons. The van der Waals surface area contributed by atoms with E-state index in [-0.39, 0.29) is 0 Å². The summed E-state index contributed by atoms with van der Waals surface area (Å²) in [5, 5.41) is 2.38. The lowest BCUT2D eigenvalue weighted by atomic mass is 10.1. The van der Waals surface area contributed by atoms with E-state index < -0.39 is 0 Å². The maximum atomic E-state index is 5.94. The van der Waals surface area contributed by atoms with Gasteiger partial charge in [-0.25, -0.2) is 10.8 Å². The van der Waals surface area contributed by atoms with E-state index in [4.69, 9.17) is 17.4 Å². The number of nitrogens with two attached hydrogens (primary N) is 1. The Hall–Kier alpha value is -1.14. The first-order chi connectivity index (χ1) is 11.0. The van der Waals surface area contributed by atoms with Gasteiger partial charge in [-0.3, -0.25) is 0 Å². The smallest absolute Gasteiger partial charge is 0.130 e. The second kappa shape index (κ2) is 8.64. The third-order valence-electron chi connectivity index (χ3n) is 3.33. The molecule has 3 nitrogen and oxygen atoms in total. The summed E-state index contributed by atoms with van der Waals surface area (Å²) in [6, 6.07) is 13.7. The van der Waals surface area contributed by atoms with E-state index in [1.54, 1.807) is 28.5 Å². The Kier molecular flexibility index (Phi) is 6.84. The Balaban J connectivity index is 2.16. The van der Waals surface area contributed by atoms with Crippen LogP contribution >= 0.6 is 35.1 Å². The first kappa shape index (κ1) is 18.2. The molecule has 23 heavy (non-hydrogen) atoms. The largest absolute Gasteiger partial charge is 0.314 e. The quantitative estimate of drug-likeness (QED) is 0.348. The summed E-state index contributed by atoms with van der Waals surface area (Å²) in [6.45, 7) is 2.11. The molecule has 2 aromatic carbocycles. The molecule has 0 bridgehead atoms. The first-order valence-corrected chi connectivity index (χ1v) is 9.68. The van der Waals surface area contributed by atoms with Crippen LogP contribution in [0.3, 0.4) is 0 Å². The van der Waals surface area contributed by atoms with Crippen molar-refractivity contribution in [3.8, 4) is 0 Å². The Morgan fingerprint density at radius 2 is 1.91 bits per heavy atom. The maximum absolute atomic E-state index is 5.94. The molecule has 0 saturated heterocycles. The summed E-state index contributed by atoms with van der Waals surface area (Å²) in [6.07, 6.45) is 2.04. The fourth-order valence-corrected chi connectivity index (χ4v) is 3.88. The molecule has 6 heteroatoms. The minimum absolute atomic E-state index is 0.720. The topological polar surface area (TPSA) is 41.6 Å². The molecule has 0 fully saturated rings. The number of hydrazine groups is 1. The Morgan fingerprint density at radius 3 is 2.52 bits per heavy atom. The molecule has 2 rings (SSSR count). The van der Waals surface area contributed by atoms with Gasteiger partial charge in [0.05, 0.1) is 11.4 Å². The molecule has 0 saturated carbocycles. The van der Waals surface area contributed by atoms with Crippen LogP contribution in [0.25, 0.3) is 0 Å². The molecule has 0 unspecified atom stereocenters. The number of benzene rings is 2. The zero-order valence-corrected chi connectivity index (χ0v) is 15.8. The Labute approximate surface area is 151 Å². The van der Waals surface area contributed by atoms with E-state index in [0.717, 1.165) is 26.5 Å². The molecule has 2 aromatic rings. The second-order valence-electron chi connectivity index (χ2n) is 5.03. The molecule has 0 aliphatic heterocycles. The van der Waals surface area contributed by atoms with Crippen molar-refractivity contribution in [1.29, 1.82) is 0 Å². The number of hydrogen-bond donors (Lipinski definition) is 1. The van der Waals surface area contributed by atoms with Gasteiger partial charge >= 0.3 is 0 Å². The van der Waals surface area contributed by atoms with E-state index in [9.17, 15) is 0 Å². The summed E-state index contributed by atoms with van der Waals surface area (Å²) < 4.78 is 1.01. The fourth-order valence-electron chi connectivity index (χ4n) is 2.10. The van der Waals surface area contributed by atoms with Crippen LogP contribution in [-0.2, 0) is 5.75 Å². The van der Waals surface area contributed by atoms with Crippen molar-refractivity contribution in [2.45, 2.75) is 12.7 Å². The molecule has 0 amide bonds. The minimum Gasteiger partial charge on any atom is -0.314 e. The molecule has 2 N–H and O–H groups in total. The summed E-state index contributed by atoms with van der Waals surface area (Å²) in [5.41, 5.74) is 4.43. The highest BCUT2D eigenvalue weighted by atomic mass is 35.5. The summed E-state index contributed by atoms with van der Waals surface area (Å²) in [4.78, 5) is 4.68. The summed E-state index contributed by atoms with van der Waals surface area (Å²) in [5.74, 6) is 6.77. The van der Waals surface area contributed by atoms with Crippen LogP contribution in [0.2, 0.25) is 5.02 Å². The maximum Gasteiger partial charge on any atom is 0.130 e. The van der Waals surface area contributed by atoms with Crippen LogP contribution in [0.1, 0.15) is 11.1 Å². The highest BCUT2D eigenvalue weighted by molar-refractivity contribution is 8.38. The van der Waals surface area contributed by atoms with Crippen LogP contribution in [0.15, 0.2) is 47.5 Å². The monoisotopic (exact) mass is 365 g/mol. The van der Waals surface area contributed by atoms with Crippen molar-refractivity contribution in [3.63, 3.8) is 0 Å². The third-order valence-corrected chi connectivity index (χ3v) is 5.64. The predicted octanol–water partition coefficient (Wildman–Crippen LogP) is 5.24. The number of rotatable bonds is 4. The Bertz CT molecular complexity index is 685.